The fourth-order valence-corrected chi connectivity index (χ4v) is 1.90. The highest BCUT2D eigenvalue weighted by molar-refractivity contribution is 5.94. The van der Waals surface area contributed by atoms with Crippen molar-refractivity contribution in [3.8, 4) is 0 Å². The lowest BCUT2D eigenvalue weighted by Gasteiger charge is -2.14. The van der Waals surface area contributed by atoms with Crippen LogP contribution in [-0.4, -0.2) is 5.91 Å². The first-order valence-corrected chi connectivity index (χ1v) is 6.19. The van der Waals surface area contributed by atoms with Crippen LogP contribution in [0.1, 0.15) is 34.5 Å². The number of amides is 1. The third kappa shape index (κ3) is 3.41. The summed E-state index contributed by atoms with van der Waals surface area (Å²) >= 11 is 0. The van der Waals surface area contributed by atoms with E-state index in [-0.39, 0.29) is 17.8 Å². The highest BCUT2D eigenvalue weighted by Gasteiger charge is 2.11. The van der Waals surface area contributed by atoms with Crippen molar-refractivity contribution >= 4 is 5.91 Å². The van der Waals surface area contributed by atoms with Gasteiger partial charge in [-0.25, -0.2) is 4.39 Å². The van der Waals surface area contributed by atoms with E-state index in [1.54, 1.807) is 18.2 Å². The number of carbonyl (C=O) groups excluding carboxylic acids is 1. The van der Waals surface area contributed by atoms with Crippen LogP contribution in [0.5, 0.6) is 0 Å². The number of carbonyl (C=O) groups is 1. The predicted octanol–water partition coefficient (Wildman–Crippen LogP) is 3.63. The summed E-state index contributed by atoms with van der Waals surface area (Å²) in [6, 6.07) is 13.4. The zero-order valence-electron chi connectivity index (χ0n) is 11.0. The summed E-state index contributed by atoms with van der Waals surface area (Å²) in [5, 5.41) is 2.90. The van der Waals surface area contributed by atoms with Gasteiger partial charge in [0.15, 0.2) is 0 Å². The van der Waals surface area contributed by atoms with Crippen molar-refractivity contribution in [1.82, 2.24) is 5.32 Å². The molecule has 1 N–H and O–H groups in total. The molecule has 0 spiro atoms. The van der Waals surface area contributed by atoms with Crippen molar-refractivity contribution < 1.29 is 9.18 Å². The molecule has 2 aromatic rings. The molecule has 1 atom stereocenters. The second-order valence-electron chi connectivity index (χ2n) is 4.62. The molecule has 2 nitrogen and oxygen atoms in total. The lowest BCUT2D eigenvalue weighted by molar-refractivity contribution is 0.0940. The molecule has 19 heavy (non-hydrogen) atoms. The van der Waals surface area contributed by atoms with Crippen LogP contribution in [0.3, 0.4) is 0 Å². The molecule has 0 radical (unpaired) electrons. The van der Waals surface area contributed by atoms with Crippen LogP contribution in [0.4, 0.5) is 4.39 Å². The van der Waals surface area contributed by atoms with Gasteiger partial charge in [0, 0.05) is 5.56 Å². The number of hydrogen-bond acceptors (Lipinski definition) is 1. The van der Waals surface area contributed by atoms with Crippen LogP contribution in [0.2, 0.25) is 0 Å². The molecule has 1 amide bonds. The molecule has 0 aliphatic heterocycles. The summed E-state index contributed by atoms with van der Waals surface area (Å²) in [7, 11) is 0. The average molecular weight is 257 g/mol. The van der Waals surface area contributed by atoms with Crippen molar-refractivity contribution in [2.75, 3.05) is 0 Å². The second kappa shape index (κ2) is 5.65. The second-order valence-corrected chi connectivity index (χ2v) is 4.62. The van der Waals surface area contributed by atoms with E-state index in [1.807, 2.05) is 32.0 Å². The Morgan fingerprint density at radius 1 is 1.16 bits per heavy atom. The van der Waals surface area contributed by atoms with Gasteiger partial charge in [0.1, 0.15) is 5.82 Å². The van der Waals surface area contributed by atoms with E-state index in [0.717, 1.165) is 11.1 Å². The van der Waals surface area contributed by atoms with Gasteiger partial charge in [-0.15, -0.1) is 0 Å². The van der Waals surface area contributed by atoms with Gasteiger partial charge in [-0.2, -0.15) is 0 Å². The minimum Gasteiger partial charge on any atom is -0.346 e. The van der Waals surface area contributed by atoms with Crippen molar-refractivity contribution in [3.05, 3.63) is 71.0 Å². The minimum absolute atomic E-state index is 0.125. The van der Waals surface area contributed by atoms with E-state index >= 15 is 0 Å². The van der Waals surface area contributed by atoms with E-state index < -0.39 is 0 Å². The van der Waals surface area contributed by atoms with E-state index in [1.165, 1.54) is 12.1 Å². The van der Waals surface area contributed by atoms with Crippen molar-refractivity contribution in [3.63, 3.8) is 0 Å². The van der Waals surface area contributed by atoms with Gasteiger partial charge < -0.3 is 5.32 Å². The molecule has 98 valence electrons. The number of benzene rings is 2. The third-order valence-corrected chi connectivity index (χ3v) is 3.00. The first kappa shape index (κ1) is 13.3. The Morgan fingerprint density at radius 3 is 2.47 bits per heavy atom. The maximum absolute atomic E-state index is 12.8. The Kier molecular flexibility index (Phi) is 3.95. The van der Waals surface area contributed by atoms with Gasteiger partial charge >= 0.3 is 0 Å². The zero-order chi connectivity index (χ0) is 13.8. The molecular weight excluding hydrogens is 241 g/mol. The van der Waals surface area contributed by atoms with Crippen LogP contribution in [0, 0.1) is 12.7 Å². The molecule has 0 aliphatic carbocycles. The number of nitrogens with one attached hydrogen (secondary N) is 1. The molecule has 0 aromatic heterocycles. The third-order valence-electron chi connectivity index (χ3n) is 3.00. The molecule has 0 aliphatic rings. The van der Waals surface area contributed by atoms with Crippen molar-refractivity contribution in [1.29, 1.82) is 0 Å². The standard InChI is InChI=1S/C16H16FNO/c1-11-4-3-5-14(10-11)16(19)18-12(2)13-6-8-15(17)9-7-13/h3-10,12H,1-2H3,(H,18,19). The summed E-state index contributed by atoms with van der Waals surface area (Å²) in [4.78, 5) is 12.1. The number of rotatable bonds is 3. The van der Waals surface area contributed by atoms with Crippen LogP contribution >= 0.6 is 0 Å². The quantitative estimate of drug-likeness (QED) is 0.893. The van der Waals surface area contributed by atoms with Crippen molar-refractivity contribution in [2.24, 2.45) is 0 Å². The summed E-state index contributed by atoms with van der Waals surface area (Å²) < 4.78 is 12.8. The number of hydrogen-bond donors (Lipinski definition) is 1. The fourth-order valence-electron chi connectivity index (χ4n) is 1.90. The molecule has 0 fully saturated rings. The van der Waals surface area contributed by atoms with Crippen LogP contribution in [-0.2, 0) is 0 Å². The van der Waals surface area contributed by atoms with E-state index in [2.05, 4.69) is 5.32 Å². The van der Waals surface area contributed by atoms with E-state index in [0.29, 0.717) is 5.56 Å². The summed E-state index contributed by atoms with van der Waals surface area (Å²) in [5.41, 5.74) is 2.55. The van der Waals surface area contributed by atoms with Crippen LogP contribution < -0.4 is 5.32 Å². The number of halogens is 1. The Labute approximate surface area is 112 Å². The lowest BCUT2D eigenvalue weighted by Crippen LogP contribution is -2.26. The molecule has 1 unspecified atom stereocenters. The van der Waals surface area contributed by atoms with E-state index in [9.17, 15) is 9.18 Å². The first-order chi connectivity index (χ1) is 9.06. The molecule has 0 saturated heterocycles. The highest BCUT2D eigenvalue weighted by atomic mass is 19.1. The maximum atomic E-state index is 12.8. The van der Waals surface area contributed by atoms with Gasteiger partial charge in [-0.3, -0.25) is 4.79 Å². The minimum atomic E-state index is -0.277. The summed E-state index contributed by atoms with van der Waals surface area (Å²) in [6.45, 7) is 3.82. The molecule has 2 rings (SSSR count). The Bertz CT molecular complexity index is 578. The molecule has 0 heterocycles. The summed E-state index contributed by atoms with van der Waals surface area (Å²) in [5.74, 6) is -0.401. The molecular formula is C16H16FNO. The average Bonchev–Trinajstić information content (AvgIpc) is 2.39. The summed E-state index contributed by atoms with van der Waals surface area (Å²) in [6.07, 6.45) is 0. The topological polar surface area (TPSA) is 29.1 Å². The Morgan fingerprint density at radius 2 is 1.84 bits per heavy atom. The fraction of sp³-hybridized carbons (Fsp3) is 0.188. The van der Waals surface area contributed by atoms with Crippen molar-refractivity contribution in [2.45, 2.75) is 19.9 Å². The number of aryl methyl sites for hydroxylation is 1. The predicted molar refractivity (Wildman–Crippen MR) is 73.5 cm³/mol. The molecule has 3 heteroatoms. The molecule has 2 aromatic carbocycles. The van der Waals surface area contributed by atoms with Gasteiger partial charge in [0.25, 0.3) is 5.91 Å². The molecule has 0 saturated carbocycles. The lowest BCUT2D eigenvalue weighted by atomic mass is 10.1. The molecule has 0 bridgehead atoms. The normalized spacial score (nSPS) is 11.9. The largest absolute Gasteiger partial charge is 0.346 e. The monoisotopic (exact) mass is 257 g/mol. The van der Waals surface area contributed by atoms with Gasteiger partial charge in [0.2, 0.25) is 0 Å². The highest BCUT2D eigenvalue weighted by Crippen LogP contribution is 2.14. The van der Waals surface area contributed by atoms with Gasteiger partial charge in [-0.05, 0) is 43.7 Å². The Balaban J connectivity index is 2.08. The van der Waals surface area contributed by atoms with E-state index in [4.69, 9.17) is 0 Å². The van der Waals surface area contributed by atoms with Crippen LogP contribution in [0.15, 0.2) is 48.5 Å². The smallest absolute Gasteiger partial charge is 0.251 e. The SMILES string of the molecule is Cc1cccc(C(=O)NC(C)c2ccc(F)cc2)c1. The maximum Gasteiger partial charge on any atom is 0.251 e. The van der Waals surface area contributed by atoms with Gasteiger partial charge in [-0.1, -0.05) is 29.8 Å². The first-order valence-electron chi connectivity index (χ1n) is 6.19. The Hall–Kier alpha value is -2.16. The van der Waals surface area contributed by atoms with Crippen LogP contribution in [0.25, 0.3) is 0 Å². The van der Waals surface area contributed by atoms with Gasteiger partial charge in [0.05, 0.1) is 6.04 Å². The zero-order valence-corrected chi connectivity index (χ0v) is 11.0.